The van der Waals surface area contributed by atoms with Crippen LogP contribution in [-0.2, 0) is 21.2 Å². The van der Waals surface area contributed by atoms with Gasteiger partial charge in [0.15, 0.2) is 11.5 Å². The Morgan fingerprint density at radius 2 is 1.59 bits per heavy atom. The second-order valence-electron chi connectivity index (χ2n) is 7.75. The lowest BCUT2D eigenvalue weighted by Gasteiger charge is -2.26. The van der Waals surface area contributed by atoms with Crippen molar-refractivity contribution in [1.29, 1.82) is 0 Å². The van der Waals surface area contributed by atoms with Crippen LogP contribution in [0.5, 0.6) is 11.5 Å². The molecule has 0 unspecified atom stereocenters. The van der Waals surface area contributed by atoms with Crippen LogP contribution in [0.25, 0.3) is 0 Å². The van der Waals surface area contributed by atoms with E-state index in [1.165, 1.54) is 31.9 Å². The molecule has 0 heterocycles. The van der Waals surface area contributed by atoms with Crippen molar-refractivity contribution >= 4 is 21.6 Å². The molecule has 0 radical (unpaired) electrons. The summed E-state index contributed by atoms with van der Waals surface area (Å²) in [5, 5.41) is 2.91. The van der Waals surface area contributed by atoms with Crippen LogP contribution in [0.2, 0.25) is 0 Å². The highest BCUT2D eigenvalue weighted by Gasteiger charge is 2.28. The third-order valence-corrected chi connectivity index (χ3v) is 7.33. The summed E-state index contributed by atoms with van der Waals surface area (Å²) < 4.78 is 38.7. The lowest BCUT2D eigenvalue weighted by molar-refractivity contribution is -0.120. The molecule has 0 bridgehead atoms. The number of carbonyl (C=O) groups is 1. The van der Waals surface area contributed by atoms with Gasteiger partial charge in [0.2, 0.25) is 5.91 Å². The fourth-order valence-electron chi connectivity index (χ4n) is 3.56. The predicted octanol–water partition coefficient (Wildman–Crippen LogP) is 4.34. The molecular formula is C26H30N2O5S. The molecule has 1 N–H and O–H groups in total. The van der Waals surface area contributed by atoms with Gasteiger partial charge in [0.1, 0.15) is 6.54 Å². The normalized spacial score (nSPS) is 12.0. The number of nitrogens with one attached hydrogen (secondary N) is 1. The third kappa shape index (κ3) is 5.69. The van der Waals surface area contributed by atoms with Gasteiger partial charge in [-0.15, -0.1) is 0 Å². The molecule has 0 aliphatic heterocycles. The molecule has 0 aromatic heterocycles. The number of sulfonamides is 1. The first kappa shape index (κ1) is 25.1. The predicted molar refractivity (Wildman–Crippen MR) is 133 cm³/mol. The maximum Gasteiger partial charge on any atom is 0.264 e. The summed E-state index contributed by atoms with van der Waals surface area (Å²) in [6.45, 7) is 3.55. The minimum Gasteiger partial charge on any atom is -0.493 e. The molecule has 0 saturated carbocycles. The molecule has 0 aliphatic rings. The highest BCUT2D eigenvalue weighted by molar-refractivity contribution is 7.92. The Bertz CT molecular complexity index is 1210. The summed E-state index contributed by atoms with van der Waals surface area (Å²) in [7, 11) is -1.06. The van der Waals surface area contributed by atoms with Gasteiger partial charge in [-0.2, -0.15) is 0 Å². The molecule has 3 aromatic rings. The van der Waals surface area contributed by atoms with Crippen molar-refractivity contribution in [2.45, 2.75) is 31.2 Å². The van der Waals surface area contributed by atoms with E-state index in [4.69, 9.17) is 9.47 Å². The van der Waals surface area contributed by atoms with E-state index in [0.29, 0.717) is 11.5 Å². The first-order valence-corrected chi connectivity index (χ1v) is 12.4. The lowest BCUT2D eigenvalue weighted by atomic mass is 10.1. The molecule has 3 rings (SSSR count). The maximum absolute atomic E-state index is 13.5. The molecule has 0 saturated heterocycles. The van der Waals surface area contributed by atoms with Gasteiger partial charge >= 0.3 is 0 Å². The van der Waals surface area contributed by atoms with Gasteiger partial charge in [-0.3, -0.25) is 9.10 Å². The number of amides is 1. The summed E-state index contributed by atoms with van der Waals surface area (Å²) in [6, 6.07) is 20.4. The summed E-state index contributed by atoms with van der Waals surface area (Å²) in [5.74, 6) is 0.385. The van der Waals surface area contributed by atoms with Crippen LogP contribution in [0.15, 0.2) is 77.7 Å². The van der Waals surface area contributed by atoms with E-state index < -0.39 is 22.5 Å². The molecule has 1 amide bonds. The number of carbonyl (C=O) groups excluding carboxylic acids is 1. The first-order valence-electron chi connectivity index (χ1n) is 11.0. The number of rotatable bonds is 10. The van der Waals surface area contributed by atoms with Crippen molar-refractivity contribution in [3.8, 4) is 11.5 Å². The van der Waals surface area contributed by atoms with Crippen LogP contribution >= 0.6 is 0 Å². The largest absolute Gasteiger partial charge is 0.493 e. The van der Waals surface area contributed by atoms with Crippen LogP contribution in [0.1, 0.15) is 31.0 Å². The second-order valence-corrected chi connectivity index (χ2v) is 9.61. The topological polar surface area (TPSA) is 84.9 Å². The van der Waals surface area contributed by atoms with Crippen molar-refractivity contribution in [3.05, 3.63) is 83.9 Å². The molecule has 34 heavy (non-hydrogen) atoms. The monoisotopic (exact) mass is 482 g/mol. The number of ether oxygens (including phenoxy) is 2. The highest BCUT2D eigenvalue weighted by Crippen LogP contribution is 2.33. The second kappa shape index (κ2) is 11.1. The third-order valence-electron chi connectivity index (χ3n) is 5.54. The zero-order chi connectivity index (χ0) is 24.7. The maximum atomic E-state index is 13.5. The fourth-order valence-corrected chi connectivity index (χ4v) is 4.99. The number of methoxy groups -OCH3 is 2. The van der Waals surface area contributed by atoms with Gasteiger partial charge in [0.25, 0.3) is 10.0 Å². The van der Waals surface area contributed by atoms with Gasteiger partial charge in [-0.25, -0.2) is 8.42 Å². The number of benzene rings is 3. The molecule has 0 fully saturated rings. The van der Waals surface area contributed by atoms with E-state index in [1.807, 2.05) is 31.2 Å². The van der Waals surface area contributed by atoms with Crippen LogP contribution in [-0.4, -0.2) is 35.1 Å². The van der Waals surface area contributed by atoms with Crippen molar-refractivity contribution in [1.82, 2.24) is 5.32 Å². The van der Waals surface area contributed by atoms with Gasteiger partial charge in [-0.05, 0) is 48.7 Å². The summed E-state index contributed by atoms with van der Waals surface area (Å²) in [6.07, 6.45) is 0.929. The molecule has 7 nitrogen and oxygen atoms in total. The Hall–Kier alpha value is -3.52. The van der Waals surface area contributed by atoms with E-state index in [0.717, 1.165) is 16.3 Å². The number of aryl methyl sites for hydroxylation is 1. The smallest absolute Gasteiger partial charge is 0.264 e. The van der Waals surface area contributed by atoms with Gasteiger partial charge in [0, 0.05) is 6.07 Å². The van der Waals surface area contributed by atoms with E-state index in [1.54, 1.807) is 36.4 Å². The zero-order valence-electron chi connectivity index (χ0n) is 19.8. The Kier molecular flexibility index (Phi) is 8.17. The Morgan fingerprint density at radius 1 is 0.941 bits per heavy atom. The number of hydrogen-bond acceptors (Lipinski definition) is 5. The van der Waals surface area contributed by atoms with Crippen LogP contribution in [0.4, 0.5) is 5.69 Å². The number of anilines is 1. The first-order chi connectivity index (χ1) is 16.3. The van der Waals surface area contributed by atoms with E-state index >= 15 is 0 Å². The Balaban J connectivity index is 1.91. The van der Waals surface area contributed by atoms with Gasteiger partial charge in [-0.1, -0.05) is 49.4 Å². The molecule has 8 heteroatoms. The van der Waals surface area contributed by atoms with Crippen LogP contribution in [0, 0.1) is 0 Å². The number of hydrogen-bond donors (Lipinski definition) is 1. The van der Waals surface area contributed by atoms with Gasteiger partial charge < -0.3 is 14.8 Å². The molecular weight excluding hydrogens is 452 g/mol. The summed E-state index contributed by atoms with van der Waals surface area (Å²) in [4.78, 5) is 13.1. The molecule has 1 atom stereocenters. The van der Waals surface area contributed by atoms with Crippen molar-refractivity contribution in [2.75, 3.05) is 25.1 Å². The minimum absolute atomic E-state index is 0.0841. The quantitative estimate of drug-likeness (QED) is 0.465. The number of nitrogens with zero attached hydrogens (tertiary/aromatic N) is 1. The Morgan fingerprint density at radius 3 is 2.18 bits per heavy atom. The molecule has 0 aliphatic carbocycles. The Labute approximate surface area is 201 Å². The fraction of sp³-hybridized carbons (Fsp3) is 0.269. The zero-order valence-corrected chi connectivity index (χ0v) is 20.6. The van der Waals surface area contributed by atoms with E-state index in [-0.39, 0.29) is 16.6 Å². The minimum atomic E-state index is -4.03. The van der Waals surface area contributed by atoms with Gasteiger partial charge in [0.05, 0.1) is 30.8 Å². The lowest BCUT2D eigenvalue weighted by Crippen LogP contribution is -2.41. The van der Waals surface area contributed by atoms with Crippen molar-refractivity contribution in [2.24, 2.45) is 0 Å². The molecule has 3 aromatic carbocycles. The molecule has 180 valence electrons. The standard InChI is InChI=1S/C26H30N2O5S/c1-5-20-11-13-21(14-12-20)19(2)27-26(29)18-28(34(30,31)23-9-7-6-8-10-23)22-15-16-24(32-3)25(17-22)33-4/h6-17,19H,5,18H2,1-4H3,(H,27,29)/t19-/m1/s1. The van der Waals surface area contributed by atoms with Crippen molar-refractivity contribution < 1.29 is 22.7 Å². The molecule has 0 spiro atoms. The SMILES string of the molecule is CCc1ccc([C@@H](C)NC(=O)CN(c2ccc(OC)c(OC)c2)S(=O)(=O)c2ccccc2)cc1. The van der Waals surface area contributed by atoms with E-state index in [2.05, 4.69) is 12.2 Å². The van der Waals surface area contributed by atoms with Crippen LogP contribution < -0.4 is 19.1 Å². The van der Waals surface area contributed by atoms with E-state index in [9.17, 15) is 13.2 Å². The van der Waals surface area contributed by atoms with Crippen molar-refractivity contribution in [3.63, 3.8) is 0 Å². The average molecular weight is 483 g/mol. The van der Waals surface area contributed by atoms with Crippen LogP contribution in [0.3, 0.4) is 0 Å². The average Bonchev–Trinajstić information content (AvgIpc) is 2.87. The highest BCUT2D eigenvalue weighted by atomic mass is 32.2. The summed E-state index contributed by atoms with van der Waals surface area (Å²) >= 11 is 0. The summed E-state index contributed by atoms with van der Waals surface area (Å²) in [5.41, 5.74) is 2.43.